The number of hydrogen-bond acceptors (Lipinski definition) is 7. The Labute approximate surface area is 191 Å². The predicted octanol–water partition coefficient (Wildman–Crippen LogP) is 3.29. The topological polar surface area (TPSA) is 102 Å². The maximum Gasteiger partial charge on any atom is 0.269 e. The van der Waals surface area contributed by atoms with E-state index < -0.39 is 14.9 Å². The van der Waals surface area contributed by atoms with Crippen LogP contribution in [0.15, 0.2) is 29.2 Å². The van der Waals surface area contributed by atoms with Crippen LogP contribution in [0, 0.1) is 10.1 Å². The molecule has 1 aromatic rings. The molecule has 0 aliphatic heterocycles. The normalized spacial score (nSPS) is 19.5. The Kier molecular flexibility index (Phi) is 11.0. The summed E-state index contributed by atoms with van der Waals surface area (Å²) >= 11 is 0. The fraction of sp³-hybridized carbons (Fsp3) is 0.727. The van der Waals surface area contributed by atoms with Crippen LogP contribution < -0.4 is 0 Å². The van der Waals surface area contributed by atoms with Crippen LogP contribution in [0.1, 0.15) is 45.4 Å². The number of methoxy groups -OCH3 is 1. The van der Waals surface area contributed by atoms with Gasteiger partial charge < -0.3 is 14.4 Å². The predicted molar refractivity (Wildman–Crippen MR) is 123 cm³/mol. The maximum atomic E-state index is 12.9. The summed E-state index contributed by atoms with van der Waals surface area (Å²) in [5.74, 6) is 0. The zero-order valence-corrected chi connectivity index (χ0v) is 20.3. The Balaban J connectivity index is 1.73. The fourth-order valence-electron chi connectivity index (χ4n) is 4.01. The summed E-state index contributed by atoms with van der Waals surface area (Å²) in [6.45, 7) is 6.65. The van der Waals surface area contributed by atoms with E-state index in [0.29, 0.717) is 0 Å². The van der Waals surface area contributed by atoms with Crippen LogP contribution in [0.4, 0.5) is 5.69 Å². The third kappa shape index (κ3) is 7.77. The lowest BCUT2D eigenvalue weighted by atomic mass is 9.93. The first kappa shape index (κ1) is 26.7. The minimum Gasteiger partial charge on any atom is -0.383 e. The van der Waals surface area contributed by atoms with E-state index in [-0.39, 0.29) is 22.7 Å². The number of nitro groups is 1. The molecule has 0 N–H and O–H groups in total. The van der Waals surface area contributed by atoms with Gasteiger partial charge in [0.25, 0.3) is 5.69 Å². The van der Waals surface area contributed by atoms with Crippen molar-refractivity contribution in [3.05, 3.63) is 34.4 Å². The molecular weight excluding hydrogens is 434 g/mol. The lowest BCUT2D eigenvalue weighted by Crippen LogP contribution is -2.40. The molecule has 0 aromatic heterocycles. The van der Waals surface area contributed by atoms with Gasteiger partial charge in [0.05, 0.1) is 22.5 Å². The van der Waals surface area contributed by atoms with Gasteiger partial charge in [-0.2, -0.15) is 4.31 Å². The number of rotatable bonds is 14. The SMILES string of the molecule is CCN(CCCCO[C@H]1CC[C@H](N(C)S(=O)(=O)c2ccc([N+](=O)[O-])cc2)CC1)CCOC. The Bertz CT molecular complexity index is 794. The summed E-state index contributed by atoms with van der Waals surface area (Å²) in [6.07, 6.45) is 5.43. The highest BCUT2D eigenvalue weighted by Gasteiger charge is 2.32. The zero-order chi connectivity index (χ0) is 23.6. The Morgan fingerprint density at radius 1 is 1.06 bits per heavy atom. The second-order valence-corrected chi connectivity index (χ2v) is 10.2. The quantitative estimate of drug-likeness (QED) is 0.233. The summed E-state index contributed by atoms with van der Waals surface area (Å²) in [5.41, 5.74) is -0.123. The van der Waals surface area contributed by atoms with Gasteiger partial charge in [-0.1, -0.05) is 6.92 Å². The van der Waals surface area contributed by atoms with Crippen molar-refractivity contribution in [3.63, 3.8) is 0 Å². The standard InChI is InChI=1S/C22H37N3O6S/c1-4-24(16-18-30-3)15-5-6-17-31-21-11-7-19(8-12-21)23(2)32(28,29)22-13-9-20(10-14-22)25(26)27/h9-10,13-14,19,21H,4-8,11-12,15-18H2,1-3H3/t19-,21-. The third-order valence-electron chi connectivity index (χ3n) is 6.16. The van der Waals surface area contributed by atoms with E-state index in [4.69, 9.17) is 9.47 Å². The molecule has 9 nitrogen and oxygen atoms in total. The number of likely N-dealkylation sites (N-methyl/N-ethyl adjacent to an activating group) is 1. The molecule has 1 aliphatic rings. The highest BCUT2D eigenvalue weighted by atomic mass is 32.2. The van der Waals surface area contributed by atoms with E-state index in [9.17, 15) is 18.5 Å². The number of nitro benzene ring substituents is 1. The molecule has 0 spiro atoms. The van der Waals surface area contributed by atoms with Crippen LogP contribution in [0.3, 0.4) is 0 Å². The molecule has 10 heteroatoms. The lowest BCUT2D eigenvalue weighted by Gasteiger charge is -2.34. The van der Waals surface area contributed by atoms with E-state index in [1.807, 2.05) is 0 Å². The molecule has 1 fully saturated rings. The van der Waals surface area contributed by atoms with Gasteiger partial charge in [0, 0.05) is 45.5 Å². The first-order chi connectivity index (χ1) is 15.3. The van der Waals surface area contributed by atoms with E-state index in [0.717, 1.165) is 71.4 Å². The third-order valence-corrected chi connectivity index (χ3v) is 8.09. The first-order valence-corrected chi connectivity index (χ1v) is 12.8. The van der Waals surface area contributed by atoms with Crippen LogP contribution in [-0.4, -0.2) is 81.7 Å². The number of unbranched alkanes of at least 4 members (excludes halogenated alkanes) is 1. The van der Waals surface area contributed by atoms with Gasteiger partial charge >= 0.3 is 0 Å². The van der Waals surface area contributed by atoms with E-state index in [1.165, 1.54) is 28.6 Å². The van der Waals surface area contributed by atoms with Gasteiger partial charge in [0.15, 0.2) is 0 Å². The molecule has 0 heterocycles. The van der Waals surface area contributed by atoms with Crippen molar-refractivity contribution in [1.29, 1.82) is 0 Å². The summed E-state index contributed by atoms with van der Waals surface area (Å²) < 4.78 is 38.4. The Hall–Kier alpha value is -1.59. The van der Waals surface area contributed by atoms with Crippen LogP contribution >= 0.6 is 0 Å². The molecule has 2 rings (SSSR count). The number of hydrogen-bond donors (Lipinski definition) is 0. The molecule has 0 unspecified atom stereocenters. The Morgan fingerprint density at radius 2 is 1.72 bits per heavy atom. The van der Waals surface area contributed by atoms with Gasteiger partial charge in [-0.3, -0.25) is 10.1 Å². The van der Waals surface area contributed by atoms with Crippen molar-refractivity contribution < 1.29 is 22.8 Å². The minimum atomic E-state index is -3.68. The highest BCUT2D eigenvalue weighted by molar-refractivity contribution is 7.89. The average Bonchev–Trinajstić information content (AvgIpc) is 2.80. The molecule has 0 saturated heterocycles. The monoisotopic (exact) mass is 471 g/mol. The average molecular weight is 472 g/mol. The summed E-state index contributed by atoms with van der Waals surface area (Å²) in [6, 6.07) is 4.96. The zero-order valence-electron chi connectivity index (χ0n) is 19.4. The molecule has 32 heavy (non-hydrogen) atoms. The van der Waals surface area contributed by atoms with Crippen LogP contribution in [0.2, 0.25) is 0 Å². The van der Waals surface area contributed by atoms with E-state index >= 15 is 0 Å². The summed E-state index contributed by atoms with van der Waals surface area (Å²) in [5, 5.41) is 10.8. The van der Waals surface area contributed by atoms with Crippen LogP contribution in [0.25, 0.3) is 0 Å². The fourth-order valence-corrected chi connectivity index (χ4v) is 5.43. The van der Waals surface area contributed by atoms with E-state index in [2.05, 4.69) is 11.8 Å². The minimum absolute atomic E-state index is 0.0793. The number of nitrogens with zero attached hydrogens (tertiary/aromatic N) is 3. The Morgan fingerprint density at radius 3 is 2.28 bits per heavy atom. The van der Waals surface area contributed by atoms with Crippen molar-refractivity contribution >= 4 is 15.7 Å². The molecule has 1 saturated carbocycles. The van der Waals surface area contributed by atoms with Gasteiger partial charge in [-0.15, -0.1) is 0 Å². The lowest BCUT2D eigenvalue weighted by molar-refractivity contribution is -0.384. The molecule has 1 aromatic carbocycles. The van der Waals surface area contributed by atoms with Crippen LogP contribution in [0.5, 0.6) is 0 Å². The molecular formula is C22H37N3O6S. The maximum absolute atomic E-state index is 12.9. The smallest absolute Gasteiger partial charge is 0.269 e. The first-order valence-electron chi connectivity index (χ1n) is 11.3. The van der Waals surface area contributed by atoms with Crippen molar-refractivity contribution in [2.45, 2.75) is 62.5 Å². The second-order valence-electron chi connectivity index (χ2n) is 8.21. The summed E-state index contributed by atoms with van der Waals surface area (Å²) in [7, 11) is -0.374. The molecule has 1 aliphatic carbocycles. The molecule has 0 atom stereocenters. The van der Waals surface area contributed by atoms with Gasteiger partial charge in [-0.05, 0) is 63.7 Å². The van der Waals surface area contributed by atoms with Crippen molar-refractivity contribution in [3.8, 4) is 0 Å². The van der Waals surface area contributed by atoms with Crippen molar-refractivity contribution in [2.75, 3.05) is 47.0 Å². The molecule has 0 radical (unpaired) electrons. The second kappa shape index (κ2) is 13.2. The van der Waals surface area contributed by atoms with Gasteiger partial charge in [-0.25, -0.2) is 8.42 Å². The molecule has 182 valence electrons. The van der Waals surface area contributed by atoms with E-state index in [1.54, 1.807) is 14.2 Å². The number of non-ortho nitro benzene ring substituents is 1. The number of benzene rings is 1. The highest BCUT2D eigenvalue weighted by Crippen LogP contribution is 2.29. The summed E-state index contributed by atoms with van der Waals surface area (Å²) in [4.78, 5) is 12.7. The van der Waals surface area contributed by atoms with Crippen LogP contribution in [-0.2, 0) is 19.5 Å². The van der Waals surface area contributed by atoms with Gasteiger partial charge in [0.1, 0.15) is 0 Å². The molecule has 0 bridgehead atoms. The molecule has 0 amide bonds. The van der Waals surface area contributed by atoms with Crippen molar-refractivity contribution in [2.24, 2.45) is 0 Å². The van der Waals surface area contributed by atoms with Crippen molar-refractivity contribution in [1.82, 2.24) is 9.21 Å². The van der Waals surface area contributed by atoms with Gasteiger partial charge in [0.2, 0.25) is 10.0 Å². The number of ether oxygens (including phenoxy) is 2. The largest absolute Gasteiger partial charge is 0.383 e. The number of sulfonamides is 1.